The van der Waals surface area contributed by atoms with Gasteiger partial charge in [-0.15, -0.1) is 11.8 Å². The van der Waals surface area contributed by atoms with Crippen LogP contribution in [0.1, 0.15) is 16.8 Å². The molecule has 0 aliphatic carbocycles. The SMILES string of the molecule is O=C(NCCCSc1ccc(F)cc1)c1c(F)cccc1F. The van der Waals surface area contributed by atoms with Gasteiger partial charge >= 0.3 is 0 Å². The smallest absolute Gasteiger partial charge is 0.257 e. The highest BCUT2D eigenvalue weighted by Crippen LogP contribution is 2.18. The number of rotatable bonds is 6. The number of halogens is 3. The Bertz CT molecular complexity index is 626. The van der Waals surface area contributed by atoms with E-state index in [1.54, 1.807) is 12.1 Å². The largest absolute Gasteiger partial charge is 0.352 e. The molecule has 1 N–H and O–H groups in total. The fourth-order valence-corrected chi connectivity index (χ4v) is 2.65. The van der Waals surface area contributed by atoms with E-state index in [4.69, 9.17) is 0 Å². The van der Waals surface area contributed by atoms with Crippen molar-refractivity contribution in [3.05, 3.63) is 65.5 Å². The van der Waals surface area contributed by atoms with E-state index in [2.05, 4.69) is 5.32 Å². The molecule has 0 heterocycles. The van der Waals surface area contributed by atoms with E-state index in [1.165, 1.54) is 30.0 Å². The average Bonchev–Trinajstić information content (AvgIpc) is 2.48. The first-order valence-corrected chi connectivity index (χ1v) is 7.67. The fraction of sp³-hybridized carbons (Fsp3) is 0.188. The van der Waals surface area contributed by atoms with Gasteiger partial charge in [-0.05, 0) is 48.6 Å². The third kappa shape index (κ3) is 4.53. The molecular formula is C16H14F3NOS. The summed E-state index contributed by atoms with van der Waals surface area (Å²) in [7, 11) is 0. The van der Waals surface area contributed by atoms with Crippen molar-refractivity contribution in [3.63, 3.8) is 0 Å². The van der Waals surface area contributed by atoms with Gasteiger partial charge in [0.25, 0.3) is 5.91 Å². The molecule has 0 saturated carbocycles. The molecule has 0 unspecified atom stereocenters. The number of carbonyl (C=O) groups excluding carboxylic acids is 1. The molecule has 0 aliphatic heterocycles. The van der Waals surface area contributed by atoms with Gasteiger partial charge in [0.2, 0.25) is 0 Å². The summed E-state index contributed by atoms with van der Waals surface area (Å²) in [6, 6.07) is 9.41. The molecule has 0 bridgehead atoms. The van der Waals surface area contributed by atoms with Crippen LogP contribution < -0.4 is 5.32 Å². The van der Waals surface area contributed by atoms with Crippen LogP contribution in [0.15, 0.2) is 47.4 Å². The van der Waals surface area contributed by atoms with Crippen molar-refractivity contribution in [2.45, 2.75) is 11.3 Å². The Morgan fingerprint density at radius 3 is 2.27 bits per heavy atom. The third-order valence-electron chi connectivity index (χ3n) is 2.88. The van der Waals surface area contributed by atoms with Crippen LogP contribution in [0.3, 0.4) is 0 Å². The lowest BCUT2D eigenvalue weighted by Crippen LogP contribution is -2.26. The molecular weight excluding hydrogens is 311 g/mol. The normalized spacial score (nSPS) is 10.5. The van der Waals surface area contributed by atoms with Gasteiger partial charge in [-0.2, -0.15) is 0 Å². The molecule has 1 amide bonds. The summed E-state index contributed by atoms with van der Waals surface area (Å²) in [5, 5.41) is 2.48. The number of nitrogens with one attached hydrogen (secondary N) is 1. The second-order valence-corrected chi connectivity index (χ2v) is 5.68. The summed E-state index contributed by atoms with van der Waals surface area (Å²) >= 11 is 1.52. The van der Waals surface area contributed by atoms with Crippen LogP contribution in [0.25, 0.3) is 0 Å². The van der Waals surface area contributed by atoms with Crippen molar-refractivity contribution in [2.24, 2.45) is 0 Å². The Hall–Kier alpha value is -1.95. The average molecular weight is 325 g/mol. The van der Waals surface area contributed by atoms with Crippen molar-refractivity contribution < 1.29 is 18.0 Å². The number of carbonyl (C=O) groups is 1. The molecule has 0 atom stereocenters. The van der Waals surface area contributed by atoms with E-state index in [1.807, 2.05) is 0 Å². The van der Waals surface area contributed by atoms with Gasteiger partial charge in [0, 0.05) is 11.4 Å². The number of hydrogen-bond donors (Lipinski definition) is 1. The maximum atomic E-state index is 13.4. The first kappa shape index (κ1) is 16.4. The van der Waals surface area contributed by atoms with Crippen LogP contribution in [0, 0.1) is 17.5 Å². The van der Waals surface area contributed by atoms with E-state index in [0.29, 0.717) is 18.7 Å². The minimum atomic E-state index is -0.877. The van der Waals surface area contributed by atoms with E-state index >= 15 is 0 Å². The van der Waals surface area contributed by atoms with Crippen molar-refractivity contribution in [3.8, 4) is 0 Å². The third-order valence-corrected chi connectivity index (χ3v) is 3.98. The predicted octanol–water partition coefficient (Wildman–Crippen LogP) is 4.02. The lowest BCUT2D eigenvalue weighted by molar-refractivity contribution is 0.0945. The Balaban J connectivity index is 1.74. The Morgan fingerprint density at radius 2 is 1.64 bits per heavy atom. The van der Waals surface area contributed by atoms with Gasteiger partial charge in [0.1, 0.15) is 23.0 Å². The Kier molecular flexibility index (Phi) is 5.89. The maximum Gasteiger partial charge on any atom is 0.257 e. The minimum absolute atomic E-state index is 0.288. The molecule has 0 spiro atoms. The van der Waals surface area contributed by atoms with Gasteiger partial charge in [-0.3, -0.25) is 4.79 Å². The lowest BCUT2D eigenvalue weighted by atomic mass is 10.2. The van der Waals surface area contributed by atoms with E-state index in [-0.39, 0.29) is 5.82 Å². The van der Waals surface area contributed by atoms with Crippen LogP contribution in [0.4, 0.5) is 13.2 Å². The van der Waals surface area contributed by atoms with Gasteiger partial charge < -0.3 is 5.32 Å². The topological polar surface area (TPSA) is 29.1 Å². The highest BCUT2D eigenvalue weighted by atomic mass is 32.2. The molecule has 0 aromatic heterocycles. The predicted molar refractivity (Wildman–Crippen MR) is 80.4 cm³/mol. The standard InChI is InChI=1S/C16H14F3NOS/c17-11-5-7-12(8-6-11)22-10-2-9-20-16(21)15-13(18)3-1-4-14(15)19/h1,3-8H,2,9-10H2,(H,20,21). The minimum Gasteiger partial charge on any atom is -0.352 e. The first-order chi connectivity index (χ1) is 10.6. The molecule has 6 heteroatoms. The highest BCUT2D eigenvalue weighted by molar-refractivity contribution is 7.99. The van der Waals surface area contributed by atoms with Gasteiger partial charge in [-0.1, -0.05) is 6.07 Å². The molecule has 2 aromatic rings. The zero-order chi connectivity index (χ0) is 15.9. The van der Waals surface area contributed by atoms with Crippen LogP contribution >= 0.6 is 11.8 Å². The summed E-state index contributed by atoms with van der Waals surface area (Å²) < 4.78 is 39.5. The highest BCUT2D eigenvalue weighted by Gasteiger charge is 2.16. The molecule has 116 valence electrons. The molecule has 0 fully saturated rings. The van der Waals surface area contributed by atoms with Gasteiger partial charge in [0.05, 0.1) is 0 Å². The summed E-state index contributed by atoms with van der Waals surface area (Å²) in [6.07, 6.45) is 0.629. The number of amides is 1. The molecule has 2 aromatic carbocycles. The quantitative estimate of drug-likeness (QED) is 0.642. The second kappa shape index (κ2) is 7.89. The summed E-state index contributed by atoms with van der Waals surface area (Å²) in [4.78, 5) is 12.6. The monoisotopic (exact) mass is 325 g/mol. The Morgan fingerprint density at radius 1 is 1.00 bits per heavy atom. The van der Waals surface area contributed by atoms with Crippen molar-refractivity contribution in [1.82, 2.24) is 5.32 Å². The zero-order valence-corrected chi connectivity index (χ0v) is 12.4. The number of hydrogen-bond acceptors (Lipinski definition) is 2. The zero-order valence-electron chi connectivity index (χ0n) is 11.6. The van der Waals surface area contributed by atoms with Crippen LogP contribution in [0.5, 0.6) is 0 Å². The van der Waals surface area contributed by atoms with Crippen LogP contribution in [0.2, 0.25) is 0 Å². The summed E-state index contributed by atoms with van der Waals surface area (Å²) in [5.41, 5.74) is -0.561. The van der Waals surface area contributed by atoms with Gasteiger partial charge in [0.15, 0.2) is 0 Å². The second-order valence-electron chi connectivity index (χ2n) is 4.51. The molecule has 0 saturated heterocycles. The van der Waals surface area contributed by atoms with Crippen molar-refractivity contribution >= 4 is 17.7 Å². The van der Waals surface area contributed by atoms with Gasteiger partial charge in [-0.25, -0.2) is 13.2 Å². The van der Waals surface area contributed by atoms with E-state index in [0.717, 1.165) is 17.0 Å². The van der Waals surface area contributed by atoms with Crippen molar-refractivity contribution in [1.29, 1.82) is 0 Å². The van der Waals surface area contributed by atoms with E-state index in [9.17, 15) is 18.0 Å². The number of thioether (sulfide) groups is 1. The molecule has 22 heavy (non-hydrogen) atoms. The fourth-order valence-electron chi connectivity index (χ4n) is 1.80. The molecule has 2 rings (SSSR count). The molecule has 0 aliphatic rings. The Labute approximate surface area is 130 Å². The van der Waals surface area contributed by atoms with Crippen LogP contribution in [-0.4, -0.2) is 18.2 Å². The van der Waals surface area contributed by atoms with E-state index < -0.39 is 23.1 Å². The summed E-state index contributed by atoms with van der Waals surface area (Å²) in [6.45, 7) is 0.306. The van der Waals surface area contributed by atoms with Crippen LogP contribution in [-0.2, 0) is 0 Å². The number of benzene rings is 2. The maximum absolute atomic E-state index is 13.4. The van der Waals surface area contributed by atoms with Crippen molar-refractivity contribution in [2.75, 3.05) is 12.3 Å². The molecule has 0 radical (unpaired) electrons. The lowest BCUT2D eigenvalue weighted by Gasteiger charge is -2.07. The first-order valence-electron chi connectivity index (χ1n) is 6.68. The summed E-state index contributed by atoms with van der Waals surface area (Å²) in [5.74, 6) is -2.10. The molecule has 2 nitrogen and oxygen atoms in total.